The van der Waals surface area contributed by atoms with E-state index >= 15 is 0 Å². The summed E-state index contributed by atoms with van der Waals surface area (Å²) in [4.78, 5) is 24.2. The minimum Gasteiger partial charge on any atom is -0.497 e. The van der Waals surface area contributed by atoms with Gasteiger partial charge in [0, 0.05) is 50.7 Å². The average Bonchev–Trinajstić information content (AvgIpc) is 3.54. The van der Waals surface area contributed by atoms with Crippen molar-refractivity contribution in [1.82, 2.24) is 14.3 Å². The first-order valence-electron chi connectivity index (χ1n) is 11.6. The SMILES string of the molecule is COc1cccc(Cc2nsc(N3CCCC3C(=O)N3CCN(c4ccccc4F)CC3)n2)c1. The lowest BCUT2D eigenvalue weighted by Gasteiger charge is -2.38. The molecule has 9 heteroatoms. The molecule has 1 unspecified atom stereocenters. The third kappa shape index (κ3) is 4.70. The molecule has 7 nitrogen and oxygen atoms in total. The molecule has 2 aromatic carbocycles. The van der Waals surface area contributed by atoms with Crippen molar-refractivity contribution in [2.45, 2.75) is 25.3 Å². The van der Waals surface area contributed by atoms with Gasteiger partial charge in [0.25, 0.3) is 0 Å². The number of hydrogen-bond donors (Lipinski definition) is 0. The van der Waals surface area contributed by atoms with Gasteiger partial charge in [-0.3, -0.25) is 4.79 Å². The molecular weight excluding hydrogens is 453 g/mol. The largest absolute Gasteiger partial charge is 0.497 e. The number of ether oxygens (including phenoxy) is 1. The number of benzene rings is 2. The molecular formula is C25H28FN5O2S. The lowest BCUT2D eigenvalue weighted by atomic mass is 10.1. The molecule has 5 rings (SSSR count). The Kier molecular flexibility index (Phi) is 6.62. The van der Waals surface area contributed by atoms with Crippen molar-refractivity contribution in [2.75, 3.05) is 49.6 Å². The molecule has 2 saturated heterocycles. The van der Waals surface area contributed by atoms with Crippen molar-refractivity contribution in [1.29, 1.82) is 0 Å². The molecule has 0 radical (unpaired) electrons. The molecule has 1 amide bonds. The van der Waals surface area contributed by atoms with Gasteiger partial charge in [0.2, 0.25) is 11.0 Å². The predicted octanol–water partition coefficient (Wildman–Crippen LogP) is 3.59. The summed E-state index contributed by atoms with van der Waals surface area (Å²) >= 11 is 1.36. The van der Waals surface area contributed by atoms with Crippen LogP contribution in [-0.4, -0.2) is 66.0 Å². The highest BCUT2D eigenvalue weighted by molar-refractivity contribution is 7.09. The maximum absolute atomic E-state index is 14.1. The number of methoxy groups -OCH3 is 1. The van der Waals surface area contributed by atoms with Gasteiger partial charge in [-0.15, -0.1) is 0 Å². The van der Waals surface area contributed by atoms with Crippen LogP contribution < -0.4 is 14.5 Å². The molecule has 34 heavy (non-hydrogen) atoms. The first-order valence-corrected chi connectivity index (χ1v) is 12.4. The van der Waals surface area contributed by atoms with Gasteiger partial charge in [0.05, 0.1) is 12.8 Å². The summed E-state index contributed by atoms with van der Waals surface area (Å²) in [5.41, 5.74) is 1.69. The predicted molar refractivity (Wildman–Crippen MR) is 131 cm³/mol. The van der Waals surface area contributed by atoms with Gasteiger partial charge in [-0.25, -0.2) is 9.37 Å². The fourth-order valence-corrected chi connectivity index (χ4v) is 5.50. The Morgan fingerprint density at radius 2 is 1.94 bits per heavy atom. The molecule has 0 N–H and O–H groups in total. The molecule has 2 aliphatic heterocycles. The molecule has 0 bridgehead atoms. The van der Waals surface area contributed by atoms with E-state index in [9.17, 15) is 9.18 Å². The van der Waals surface area contributed by atoms with Crippen LogP contribution in [0.2, 0.25) is 0 Å². The highest BCUT2D eigenvalue weighted by Crippen LogP contribution is 2.29. The summed E-state index contributed by atoms with van der Waals surface area (Å²) in [7, 11) is 1.66. The Balaban J connectivity index is 1.22. The lowest BCUT2D eigenvalue weighted by Crippen LogP contribution is -2.54. The molecule has 3 aromatic rings. The summed E-state index contributed by atoms with van der Waals surface area (Å²) in [5.74, 6) is 1.48. The Hall–Kier alpha value is -3.20. The van der Waals surface area contributed by atoms with Crippen LogP contribution in [-0.2, 0) is 11.2 Å². The van der Waals surface area contributed by atoms with Gasteiger partial charge in [-0.1, -0.05) is 24.3 Å². The van der Waals surface area contributed by atoms with E-state index in [0.29, 0.717) is 38.3 Å². The second-order valence-electron chi connectivity index (χ2n) is 8.64. The zero-order chi connectivity index (χ0) is 23.5. The Morgan fingerprint density at radius 1 is 1.12 bits per heavy atom. The standard InChI is InChI=1S/C25H28FN5O2S/c1-33-19-7-4-6-18(16-19)17-23-27-25(34-28-23)31-11-5-10-22(31)24(32)30-14-12-29(13-15-30)21-9-3-2-8-20(21)26/h2-4,6-9,16,22H,5,10-15,17H2,1H3. The van der Waals surface area contributed by atoms with Crippen molar-refractivity contribution in [3.63, 3.8) is 0 Å². The molecule has 1 atom stereocenters. The number of para-hydroxylation sites is 1. The highest BCUT2D eigenvalue weighted by Gasteiger charge is 2.36. The molecule has 0 spiro atoms. The van der Waals surface area contributed by atoms with Gasteiger partial charge in [0.1, 0.15) is 23.4 Å². The number of amides is 1. The minimum absolute atomic E-state index is 0.134. The topological polar surface area (TPSA) is 61.8 Å². The minimum atomic E-state index is -0.217. The van der Waals surface area contributed by atoms with E-state index in [1.54, 1.807) is 19.2 Å². The molecule has 3 heterocycles. The van der Waals surface area contributed by atoms with Crippen LogP contribution in [0.3, 0.4) is 0 Å². The summed E-state index contributed by atoms with van der Waals surface area (Å²) in [6, 6.07) is 14.5. The van der Waals surface area contributed by atoms with E-state index in [2.05, 4.69) is 9.27 Å². The van der Waals surface area contributed by atoms with E-state index < -0.39 is 0 Å². The van der Waals surface area contributed by atoms with Gasteiger partial charge in [-0.05, 0) is 42.7 Å². The molecule has 1 aromatic heterocycles. The Bertz CT molecular complexity index is 1150. The second-order valence-corrected chi connectivity index (χ2v) is 9.37. The summed E-state index contributed by atoms with van der Waals surface area (Å²) in [6.45, 7) is 3.24. The zero-order valence-corrected chi connectivity index (χ0v) is 20.0. The molecule has 2 fully saturated rings. The van der Waals surface area contributed by atoms with Crippen LogP contribution in [0.5, 0.6) is 5.75 Å². The van der Waals surface area contributed by atoms with Crippen molar-refractivity contribution in [3.8, 4) is 5.75 Å². The number of anilines is 2. The van der Waals surface area contributed by atoms with Gasteiger partial charge in [-0.2, -0.15) is 4.37 Å². The monoisotopic (exact) mass is 481 g/mol. The van der Waals surface area contributed by atoms with E-state index in [4.69, 9.17) is 9.72 Å². The summed E-state index contributed by atoms with van der Waals surface area (Å²) in [5, 5.41) is 0.804. The van der Waals surface area contributed by atoms with Crippen molar-refractivity contribution < 1.29 is 13.9 Å². The first kappa shape index (κ1) is 22.6. The number of carbonyl (C=O) groups is 1. The van der Waals surface area contributed by atoms with E-state index in [0.717, 1.165) is 41.7 Å². The number of rotatable bonds is 6. The van der Waals surface area contributed by atoms with E-state index in [-0.39, 0.29) is 17.8 Å². The number of halogens is 1. The fraction of sp³-hybridized carbons (Fsp3) is 0.400. The normalized spacial score (nSPS) is 18.4. The Labute approximate surface area is 202 Å². The quantitative estimate of drug-likeness (QED) is 0.536. The van der Waals surface area contributed by atoms with Crippen LogP contribution in [0.15, 0.2) is 48.5 Å². The summed E-state index contributed by atoms with van der Waals surface area (Å²) in [6.07, 6.45) is 2.39. The number of piperazine rings is 1. The Morgan fingerprint density at radius 3 is 2.74 bits per heavy atom. The number of nitrogens with zero attached hydrogens (tertiary/aromatic N) is 5. The maximum atomic E-state index is 14.1. The van der Waals surface area contributed by atoms with Crippen LogP contribution in [0, 0.1) is 5.82 Å². The first-order chi connectivity index (χ1) is 16.6. The maximum Gasteiger partial charge on any atom is 0.245 e. The third-order valence-electron chi connectivity index (χ3n) is 6.52. The lowest BCUT2D eigenvalue weighted by molar-refractivity contribution is -0.132. The van der Waals surface area contributed by atoms with E-state index in [1.807, 2.05) is 40.1 Å². The number of carbonyl (C=O) groups excluding carboxylic acids is 1. The third-order valence-corrected chi connectivity index (χ3v) is 7.31. The molecule has 0 aliphatic carbocycles. The van der Waals surface area contributed by atoms with Gasteiger partial charge < -0.3 is 19.4 Å². The second kappa shape index (κ2) is 9.97. The number of hydrogen-bond acceptors (Lipinski definition) is 7. The van der Waals surface area contributed by atoms with E-state index in [1.165, 1.54) is 17.6 Å². The fourth-order valence-electron chi connectivity index (χ4n) is 4.74. The van der Waals surface area contributed by atoms with Gasteiger partial charge in [0.15, 0.2) is 0 Å². The van der Waals surface area contributed by atoms with Crippen LogP contribution in [0.25, 0.3) is 0 Å². The molecule has 2 aliphatic rings. The smallest absolute Gasteiger partial charge is 0.245 e. The molecule has 0 saturated carbocycles. The van der Waals surface area contributed by atoms with Gasteiger partial charge >= 0.3 is 0 Å². The average molecular weight is 482 g/mol. The van der Waals surface area contributed by atoms with Crippen LogP contribution in [0.1, 0.15) is 24.2 Å². The summed E-state index contributed by atoms with van der Waals surface area (Å²) < 4.78 is 24.0. The zero-order valence-electron chi connectivity index (χ0n) is 19.2. The highest BCUT2D eigenvalue weighted by atomic mass is 32.1. The molecule has 178 valence electrons. The van der Waals surface area contributed by atoms with Crippen molar-refractivity contribution in [3.05, 3.63) is 65.7 Å². The van der Waals surface area contributed by atoms with Crippen LogP contribution in [0.4, 0.5) is 15.2 Å². The van der Waals surface area contributed by atoms with Crippen molar-refractivity contribution in [2.24, 2.45) is 0 Å². The van der Waals surface area contributed by atoms with Crippen LogP contribution >= 0.6 is 11.5 Å². The van der Waals surface area contributed by atoms with Crippen molar-refractivity contribution >= 4 is 28.3 Å². The number of aromatic nitrogens is 2.